The lowest BCUT2D eigenvalue weighted by Gasteiger charge is -2.01. The quantitative estimate of drug-likeness (QED) is 0.396. The molecule has 0 aliphatic heterocycles. The molecule has 0 amide bonds. The summed E-state index contributed by atoms with van der Waals surface area (Å²) >= 11 is 0. The summed E-state index contributed by atoms with van der Waals surface area (Å²) in [6.45, 7) is 4.07. The van der Waals surface area contributed by atoms with Gasteiger partial charge in [0.2, 0.25) is 0 Å². The lowest BCUT2D eigenvalue weighted by Crippen LogP contribution is -1.94. The number of carbonyl (C=O) groups excluding carboxylic acids is 1. The van der Waals surface area contributed by atoms with E-state index < -0.39 is 0 Å². The van der Waals surface area contributed by atoms with Gasteiger partial charge in [0.05, 0.1) is 0 Å². The number of rotatable bonds is 6. The number of carbonyl (C=O) groups is 1. The van der Waals surface area contributed by atoms with Crippen LogP contribution >= 0.6 is 0 Å². The second-order valence-electron chi connectivity index (χ2n) is 4.02. The Morgan fingerprint density at radius 1 is 1.19 bits per heavy atom. The van der Waals surface area contributed by atoms with Gasteiger partial charge < -0.3 is 0 Å². The van der Waals surface area contributed by atoms with Crippen LogP contribution in [-0.4, -0.2) is 5.78 Å². The van der Waals surface area contributed by atoms with Crippen LogP contribution in [0.25, 0.3) is 0 Å². The monoisotopic (exact) mass is 216 g/mol. The zero-order valence-corrected chi connectivity index (χ0v) is 10.2. The van der Waals surface area contributed by atoms with Gasteiger partial charge in [-0.15, -0.1) is 0 Å². The van der Waals surface area contributed by atoms with Crippen LogP contribution in [0, 0.1) is 0 Å². The second-order valence-corrected chi connectivity index (χ2v) is 4.02. The van der Waals surface area contributed by atoms with Crippen LogP contribution in [0.15, 0.2) is 36.4 Å². The average Bonchev–Trinajstić information content (AvgIpc) is 2.30. The van der Waals surface area contributed by atoms with Gasteiger partial charge in [-0.25, -0.2) is 0 Å². The van der Waals surface area contributed by atoms with Gasteiger partial charge in [0.25, 0.3) is 0 Å². The molecule has 0 saturated carbocycles. The molecule has 0 atom stereocenters. The van der Waals surface area contributed by atoms with E-state index in [0.29, 0.717) is 0 Å². The highest BCUT2D eigenvalue weighted by atomic mass is 16.1. The zero-order chi connectivity index (χ0) is 11.8. The molecule has 0 heterocycles. The van der Waals surface area contributed by atoms with Crippen molar-refractivity contribution in [2.75, 3.05) is 0 Å². The van der Waals surface area contributed by atoms with E-state index in [2.05, 4.69) is 19.1 Å². The van der Waals surface area contributed by atoms with Crippen molar-refractivity contribution in [2.24, 2.45) is 0 Å². The maximum Gasteiger partial charge on any atom is 0.185 e. The van der Waals surface area contributed by atoms with E-state index in [9.17, 15) is 4.79 Å². The largest absolute Gasteiger partial charge is 0.289 e. The van der Waals surface area contributed by atoms with Crippen LogP contribution in [0.4, 0.5) is 0 Å². The summed E-state index contributed by atoms with van der Waals surface area (Å²) in [6, 6.07) is 7.96. The van der Waals surface area contributed by atoms with Crippen LogP contribution in [0.1, 0.15) is 49.0 Å². The lowest BCUT2D eigenvalue weighted by molar-refractivity contribution is 0.104. The molecule has 0 aliphatic carbocycles. The molecule has 16 heavy (non-hydrogen) atoms. The molecule has 0 spiro atoms. The molecule has 1 nitrogen and oxygen atoms in total. The summed E-state index contributed by atoms with van der Waals surface area (Å²) in [7, 11) is 0. The molecule has 1 rings (SSSR count). The van der Waals surface area contributed by atoms with Gasteiger partial charge in [0.1, 0.15) is 0 Å². The molecular formula is C15H20O. The first-order valence-electron chi connectivity index (χ1n) is 6.04. The molecule has 0 fully saturated rings. The maximum absolute atomic E-state index is 11.5. The standard InChI is InChI=1S/C15H20O/c1-3-5-6-8-13-9-11-14(12-10-13)15(16)7-4-2/h4,7,9-12H,3,5-6,8H2,1-2H3. The second kappa shape index (κ2) is 7.00. The van der Waals surface area contributed by atoms with Crippen molar-refractivity contribution in [3.63, 3.8) is 0 Å². The Morgan fingerprint density at radius 3 is 2.44 bits per heavy atom. The van der Waals surface area contributed by atoms with Crippen LogP contribution in [-0.2, 0) is 6.42 Å². The Hall–Kier alpha value is -1.37. The van der Waals surface area contributed by atoms with Gasteiger partial charge in [-0.3, -0.25) is 4.79 Å². The summed E-state index contributed by atoms with van der Waals surface area (Å²) < 4.78 is 0. The fourth-order valence-electron chi connectivity index (χ4n) is 1.66. The topological polar surface area (TPSA) is 17.1 Å². The van der Waals surface area contributed by atoms with Gasteiger partial charge in [-0.05, 0) is 31.4 Å². The fraction of sp³-hybridized carbons (Fsp3) is 0.400. The van der Waals surface area contributed by atoms with Crippen molar-refractivity contribution in [2.45, 2.75) is 39.5 Å². The molecule has 1 aromatic rings. The highest BCUT2D eigenvalue weighted by molar-refractivity contribution is 6.04. The SMILES string of the molecule is CC=CC(=O)c1ccc(CCCCC)cc1. The number of ketones is 1. The third kappa shape index (κ3) is 4.01. The van der Waals surface area contributed by atoms with Crippen molar-refractivity contribution in [1.82, 2.24) is 0 Å². The van der Waals surface area contributed by atoms with Gasteiger partial charge in [0, 0.05) is 5.56 Å². The Balaban J connectivity index is 2.57. The van der Waals surface area contributed by atoms with Crippen LogP contribution in [0.2, 0.25) is 0 Å². The van der Waals surface area contributed by atoms with Gasteiger partial charge in [-0.2, -0.15) is 0 Å². The van der Waals surface area contributed by atoms with Crippen LogP contribution < -0.4 is 0 Å². The van der Waals surface area contributed by atoms with Crippen molar-refractivity contribution in [3.05, 3.63) is 47.5 Å². The summed E-state index contributed by atoms with van der Waals surface area (Å²) in [5, 5.41) is 0. The third-order valence-corrected chi connectivity index (χ3v) is 2.63. The van der Waals surface area contributed by atoms with Gasteiger partial charge >= 0.3 is 0 Å². The first-order chi connectivity index (χ1) is 7.77. The Morgan fingerprint density at radius 2 is 1.88 bits per heavy atom. The Bertz CT molecular complexity index is 346. The minimum Gasteiger partial charge on any atom is -0.289 e. The predicted octanol–water partition coefficient (Wildman–Crippen LogP) is 4.18. The molecule has 0 bridgehead atoms. The Kier molecular flexibility index (Phi) is 5.55. The van der Waals surface area contributed by atoms with Crippen LogP contribution in [0.3, 0.4) is 0 Å². The molecule has 1 heteroatoms. The van der Waals surface area contributed by atoms with E-state index in [4.69, 9.17) is 0 Å². The molecule has 86 valence electrons. The van der Waals surface area contributed by atoms with E-state index in [-0.39, 0.29) is 5.78 Å². The smallest absolute Gasteiger partial charge is 0.185 e. The van der Waals surface area contributed by atoms with Crippen LogP contribution in [0.5, 0.6) is 0 Å². The molecule has 0 saturated heterocycles. The predicted molar refractivity (Wildman–Crippen MR) is 68.8 cm³/mol. The molecule has 0 N–H and O–H groups in total. The number of unbranched alkanes of at least 4 members (excludes halogenated alkanes) is 2. The fourth-order valence-corrected chi connectivity index (χ4v) is 1.66. The van der Waals surface area contributed by atoms with E-state index in [1.165, 1.54) is 24.8 Å². The first kappa shape index (κ1) is 12.7. The van der Waals surface area contributed by atoms with E-state index >= 15 is 0 Å². The van der Waals surface area contributed by atoms with E-state index in [1.807, 2.05) is 19.1 Å². The number of hydrogen-bond donors (Lipinski definition) is 0. The zero-order valence-electron chi connectivity index (χ0n) is 10.2. The van der Waals surface area contributed by atoms with Crippen molar-refractivity contribution < 1.29 is 4.79 Å². The maximum atomic E-state index is 11.5. The Labute approximate surface area is 98.2 Å². The highest BCUT2D eigenvalue weighted by Gasteiger charge is 2.00. The van der Waals surface area contributed by atoms with E-state index in [0.717, 1.165) is 12.0 Å². The van der Waals surface area contributed by atoms with Crippen molar-refractivity contribution >= 4 is 5.78 Å². The first-order valence-corrected chi connectivity index (χ1v) is 6.04. The summed E-state index contributed by atoms with van der Waals surface area (Å²) in [4.78, 5) is 11.5. The van der Waals surface area contributed by atoms with Crippen molar-refractivity contribution in [3.8, 4) is 0 Å². The molecule has 0 unspecified atom stereocenters. The molecule has 0 aromatic heterocycles. The lowest BCUT2D eigenvalue weighted by atomic mass is 10.0. The molecular weight excluding hydrogens is 196 g/mol. The average molecular weight is 216 g/mol. The number of aryl methyl sites for hydroxylation is 1. The highest BCUT2D eigenvalue weighted by Crippen LogP contribution is 2.09. The minimum absolute atomic E-state index is 0.0857. The van der Waals surface area contributed by atoms with Crippen molar-refractivity contribution in [1.29, 1.82) is 0 Å². The molecule has 0 radical (unpaired) electrons. The molecule has 0 aliphatic rings. The third-order valence-electron chi connectivity index (χ3n) is 2.63. The van der Waals surface area contributed by atoms with Gasteiger partial charge in [0.15, 0.2) is 5.78 Å². The number of hydrogen-bond acceptors (Lipinski definition) is 1. The van der Waals surface area contributed by atoms with Gasteiger partial charge in [-0.1, -0.05) is 50.1 Å². The van der Waals surface area contributed by atoms with E-state index in [1.54, 1.807) is 12.2 Å². The molecule has 1 aromatic carbocycles. The number of benzene rings is 1. The summed E-state index contributed by atoms with van der Waals surface area (Å²) in [5.41, 5.74) is 2.10. The number of allylic oxidation sites excluding steroid dienone is 2. The summed E-state index contributed by atoms with van der Waals surface area (Å²) in [6.07, 6.45) is 8.26. The normalized spacial score (nSPS) is 10.9. The minimum atomic E-state index is 0.0857. The summed E-state index contributed by atoms with van der Waals surface area (Å²) in [5.74, 6) is 0.0857.